The van der Waals surface area contributed by atoms with Gasteiger partial charge in [-0.05, 0) is 37.1 Å². The summed E-state index contributed by atoms with van der Waals surface area (Å²) in [5, 5.41) is 2.36. The third-order valence-corrected chi connectivity index (χ3v) is 14.9. The van der Waals surface area contributed by atoms with E-state index >= 15 is 0 Å². The summed E-state index contributed by atoms with van der Waals surface area (Å²) < 4.78 is 24.2. The summed E-state index contributed by atoms with van der Waals surface area (Å²) in [5.41, 5.74) is 2.14. The molecule has 1 aliphatic rings. The highest BCUT2D eigenvalue weighted by molar-refractivity contribution is 7.95. The minimum absolute atomic E-state index is 0.472. The van der Waals surface area contributed by atoms with E-state index in [1.165, 1.54) is 5.30 Å². The van der Waals surface area contributed by atoms with E-state index in [4.69, 9.17) is 13.6 Å². The molecule has 4 aromatic carbocycles. The highest BCUT2D eigenvalue weighted by Crippen LogP contribution is 2.79. The van der Waals surface area contributed by atoms with Crippen LogP contribution >= 0.6 is 24.1 Å². The third-order valence-electron chi connectivity index (χ3n) is 6.09. The molecule has 2 atom stereocenters. The third kappa shape index (κ3) is 6.31. The Morgan fingerprint density at radius 2 is 1.07 bits per heavy atom. The molecule has 0 saturated heterocycles. The zero-order chi connectivity index (χ0) is 27.6. The summed E-state index contributed by atoms with van der Waals surface area (Å²) >= 11 is 0. The first-order valence-corrected chi connectivity index (χ1v) is 17.3. The molecule has 1 aliphatic heterocycles. The average molecular weight is 586 g/mol. The topological polar surface area (TPSA) is 37.3 Å². The van der Waals surface area contributed by atoms with Gasteiger partial charge in [-0.15, -0.1) is 13.2 Å². The van der Waals surface area contributed by atoms with Crippen molar-refractivity contribution >= 4 is 46.1 Å². The summed E-state index contributed by atoms with van der Waals surface area (Å²) in [7, 11) is -5.42. The number of nitrogens with zero attached hydrogens (tertiary/aromatic N) is 3. The van der Waals surface area contributed by atoms with Gasteiger partial charge in [-0.25, -0.2) is 0 Å². The van der Waals surface area contributed by atoms with Crippen LogP contribution in [0.1, 0.15) is 12.8 Å². The molecule has 2 unspecified atom stereocenters. The predicted octanol–water partition coefficient (Wildman–Crippen LogP) is 9.42. The van der Waals surface area contributed by atoms with Crippen molar-refractivity contribution in [3.05, 3.63) is 147 Å². The fraction of sp³-hybridized carbons (Fsp3) is 0.125. The van der Waals surface area contributed by atoms with E-state index in [0.29, 0.717) is 26.1 Å². The number of anilines is 2. The lowest BCUT2D eigenvalue weighted by Gasteiger charge is -2.51. The molecular formula is C32H34N3O2P3. The van der Waals surface area contributed by atoms with Crippen LogP contribution in [0.15, 0.2) is 151 Å². The lowest BCUT2D eigenvalue weighted by atomic mass is 10.3. The van der Waals surface area contributed by atoms with Crippen LogP contribution in [0.3, 0.4) is 0 Å². The number of hydrogen-bond donors (Lipinski definition) is 0. The minimum atomic E-state index is -3.00. The van der Waals surface area contributed by atoms with Gasteiger partial charge in [-0.1, -0.05) is 109 Å². The normalized spacial score (nSPS) is 18.1. The fourth-order valence-corrected chi connectivity index (χ4v) is 14.8. The fourth-order valence-electron chi connectivity index (χ4n) is 4.26. The maximum Gasteiger partial charge on any atom is 0.327 e. The van der Waals surface area contributed by atoms with Crippen molar-refractivity contribution in [3.63, 3.8) is 0 Å². The van der Waals surface area contributed by atoms with E-state index in [1.807, 2.05) is 18.2 Å². The smallest absolute Gasteiger partial charge is 0.307 e. The monoisotopic (exact) mass is 585 g/mol. The van der Waals surface area contributed by atoms with E-state index in [9.17, 15) is 0 Å². The maximum atomic E-state index is 6.86. The van der Waals surface area contributed by atoms with Gasteiger partial charge < -0.3 is 9.05 Å². The summed E-state index contributed by atoms with van der Waals surface area (Å²) in [6, 6.07) is 42.3. The molecule has 0 aromatic heterocycles. The largest absolute Gasteiger partial charge is 0.327 e. The summed E-state index contributed by atoms with van der Waals surface area (Å²) in [6.45, 7) is 8.80. The second-order valence-electron chi connectivity index (χ2n) is 8.90. The molecule has 204 valence electrons. The number of benzene rings is 4. The quantitative estimate of drug-likeness (QED) is 0.0943. The van der Waals surface area contributed by atoms with Gasteiger partial charge in [0.15, 0.2) is 8.22 Å². The van der Waals surface area contributed by atoms with Crippen molar-refractivity contribution in [2.75, 3.05) is 22.1 Å². The Morgan fingerprint density at radius 3 is 1.57 bits per heavy atom. The number of rotatable bonds is 12. The molecule has 0 spiro atoms. The Labute approximate surface area is 240 Å². The second kappa shape index (κ2) is 14.0. The van der Waals surface area contributed by atoms with E-state index in [-0.39, 0.29) is 0 Å². The van der Waals surface area contributed by atoms with Crippen LogP contribution in [0.4, 0.5) is 11.4 Å². The molecule has 0 radical (unpaired) electrons. The molecule has 0 N–H and O–H groups in total. The molecule has 0 bridgehead atoms. The predicted molar refractivity (Wildman–Crippen MR) is 175 cm³/mol. The van der Waals surface area contributed by atoms with Crippen LogP contribution in [-0.4, -0.2) is 13.2 Å². The molecule has 1 heterocycles. The van der Waals surface area contributed by atoms with Crippen molar-refractivity contribution in [2.45, 2.75) is 12.8 Å². The molecule has 5 rings (SSSR count). The van der Waals surface area contributed by atoms with Crippen LogP contribution in [0.25, 0.3) is 0 Å². The molecule has 4 aromatic rings. The minimum Gasteiger partial charge on any atom is -0.307 e. The van der Waals surface area contributed by atoms with E-state index < -0.39 is 24.1 Å². The van der Waals surface area contributed by atoms with Crippen molar-refractivity contribution in [2.24, 2.45) is 4.52 Å². The van der Waals surface area contributed by atoms with Crippen molar-refractivity contribution in [1.29, 1.82) is 0 Å². The van der Waals surface area contributed by atoms with E-state index in [2.05, 4.69) is 137 Å². The van der Waals surface area contributed by atoms with Gasteiger partial charge in [-0.3, -0.25) is 8.88 Å². The van der Waals surface area contributed by atoms with Crippen LogP contribution in [0.5, 0.6) is 0 Å². The Hall–Kier alpha value is -3.03. The van der Waals surface area contributed by atoms with Crippen LogP contribution in [0, 0.1) is 0 Å². The van der Waals surface area contributed by atoms with Crippen molar-refractivity contribution in [1.82, 2.24) is 0 Å². The van der Waals surface area contributed by atoms with Crippen molar-refractivity contribution in [3.8, 4) is 0 Å². The van der Waals surface area contributed by atoms with Crippen LogP contribution in [-0.2, 0) is 9.05 Å². The van der Waals surface area contributed by atoms with E-state index in [1.54, 1.807) is 0 Å². The zero-order valence-corrected chi connectivity index (χ0v) is 25.1. The van der Waals surface area contributed by atoms with Gasteiger partial charge in [0.2, 0.25) is 0 Å². The van der Waals surface area contributed by atoms with Gasteiger partial charge in [0.25, 0.3) is 0 Å². The molecule has 5 nitrogen and oxygen atoms in total. The molecule has 0 saturated carbocycles. The Kier molecular flexibility index (Phi) is 10.0. The van der Waals surface area contributed by atoms with Gasteiger partial charge >= 0.3 is 7.66 Å². The van der Waals surface area contributed by atoms with Crippen LogP contribution in [0.2, 0.25) is 0 Å². The van der Waals surface area contributed by atoms with Gasteiger partial charge in [-0.2, -0.15) is 4.52 Å². The lowest BCUT2D eigenvalue weighted by Crippen LogP contribution is -2.35. The lowest BCUT2D eigenvalue weighted by molar-refractivity contribution is 0.247. The SMILES string of the molecule is C=CCCOP1(OCCC=C)=NP(c2ccccc2)N(c2ccccc2)P(c2ccccc2)N1c1ccccc1. The highest BCUT2D eigenvalue weighted by atomic mass is 31.3. The van der Waals surface area contributed by atoms with Gasteiger partial charge in [0.1, 0.15) is 8.22 Å². The number of hydrogen-bond acceptors (Lipinski definition) is 5. The Bertz CT molecular complexity index is 1410. The first-order valence-electron chi connectivity index (χ1n) is 13.3. The molecular weight excluding hydrogens is 551 g/mol. The Balaban J connectivity index is 1.84. The molecule has 0 amide bonds. The average Bonchev–Trinajstić information content (AvgIpc) is 3.02. The van der Waals surface area contributed by atoms with Gasteiger partial charge in [0.05, 0.1) is 18.9 Å². The van der Waals surface area contributed by atoms with Crippen LogP contribution < -0.4 is 19.5 Å². The molecule has 0 aliphatic carbocycles. The molecule has 40 heavy (non-hydrogen) atoms. The number of para-hydroxylation sites is 2. The van der Waals surface area contributed by atoms with Gasteiger partial charge in [0, 0.05) is 16.3 Å². The summed E-state index contributed by atoms with van der Waals surface area (Å²) in [6.07, 6.45) is 5.18. The molecule has 0 fully saturated rings. The highest BCUT2D eigenvalue weighted by Gasteiger charge is 2.49. The Morgan fingerprint density at radius 1 is 0.625 bits per heavy atom. The first kappa shape index (κ1) is 28.5. The first-order chi connectivity index (χ1) is 19.8. The maximum absolute atomic E-state index is 6.86. The van der Waals surface area contributed by atoms with Crippen molar-refractivity contribution < 1.29 is 9.05 Å². The molecule has 8 heteroatoms. The summed E-state index contributed by atoms with van der Waals surface area (Å²) in [4.78, 5) is 0. The summed E-state index contributed by atoms with van der Waals surface area (Å²) in [5.74, 6) is 0. The standard InChI is InChI=1S/C32H34N3O2P3/c1-3-5-27-36-40(37-28-6-4-2)33-38(31-23-15-9-16-24-31)34(29-19-11-7-12-20-29)39(32-25-17-10-18-26-32)35(40)30-21-13-8-14-22-30/h3-4,7-26H,1-2,5-6,27-28H2. The second-order valence-corrected chi connectivity index (χ2v) is 15.5. The van der Waals surface area contributed by atoms with E-state index in [0.717, 1.165) is 16.7 Å². The zero-order valence-electron chi connectivity index (χ0n) is 22.4.